The summed E-state index contributed by atoms with van der Waals surface area (Å²) in [6.45, 7) is 1.22. The highest BCUT2D eigenvalue weighted by atomic mass is 35.5. The standard InChI is InChI=1S/C19H23N.ClH/c1-20(2)14-13-19-17-9-5-3-7-15(17)11-12-16-8-4-6-10-18(16)19;/h3-10,19H,11-14H2,1-2H3;1H. The Morgan fingerprint density at radius 2 is 1.33 bits per heavy atom. The van der Waals surface area contributed by atoms with Crippen molar-refractivity contribution in [3.05, 3.63) is 70.8 Å². The minimum atomic E-state index is 0. The lowest BCUT2D eigenvalue weighted by Gasteiger charge is -2.21. The molecule has 0 saturated carbocycles. The summed E-state index contributed by atoms with van der Waals surface area (Å²) in [5.74, 6) is 0.569. The van der Waals surface area contributed by atoms with Gasteiger partial charge in [0.25, 0.3) is 0 Å². The molecule has 0 bridgehead atoms. The summed E-state index contributed by atoms with van der Waals surface area (Å²) in [5.41, 5.74) is 6.20. The number of nitrogens with one attached hydrogen (secondary N) is 1. The molecule has 0 fully saturated rings. The minimum Gasteiger partial charge on any atom is -1.00 e. The van der Waals surface area contributed by atoms with E-state index in [2.05, 4.69) is 62.6 Å². The number of benzene rings is 2. The summed E-state index contributed by atoms with van der Waals surface area (Å²) in [6.07, 6.45) is 3.59. The number of quaternary nitrogens is 1. The molecule has 0 unspecified atom stereocenters. The fraction of sp³-hybridized carbons (Fsp3) is 0.368. The van der Waals surface area contributed by atoms with Crippen molar-refractivity contribution in [1.29, 1.82) is 0 Å². The molecule has 1 nitrogen and oxygen atoms in total. The maximum absolute atomic E-state index is 2.34. The van der Waals surface area contributed by atoms with Gasteiger partial charge in [0.2, 0.25) is 0 Å². The fourth-order valence-corrected chi connectivity index (χ4v) is 3.38. The zero-order valence-electron chi connectivity index (χ0n) is 12.9. The Hall–Kier alpha value is -1.31. The number of rotatable bonds is 3. The van der Waals surface area contributed by atoms with Crippen LogP contribution in [0.15, 0.2) is 48.5 Å². The van der Waals surface area contributed by atoms with Crippen LogP contribution in [0.4, 0.5) is 0 Å². The monoisotopic (exact) mass is 301 g/mol. The van der Waals surface area contributed by atoms with Crippen molar-refractivity contribution >= 4 is 0 Å². The molecular formula is C19H24ClN. The molecule has 3 rings (SSSR count). The molecule has 0 amide bonds. The topological polar surface area (TPSA) is 4.44 Å². The third kappa shape index (κ3) is 3.48. The number of hydrogen-bond donors (Lipinski definition) is 1. The summed E-state index contributed by atoms with van der Waals surface area (Å²) in [7, 11) is 4.49. The van der Waals surface area contributed by atoms with Crippen LogP contribution >= 0.6 is 0 Å². The second kappa shape index (κ2) is 7.11. The highest BCUT2D eigenvalue weighted by molar-refractivity contribution is 5.44. The van der Waals surface area contributed by atoms with E-state index in [1.807, 2.05) is 0 Å². The highest BCUT2D eigenvalue weighted by Crippen LogP contribution is 2.35. The largest absolute Gasteiger partial charge is 1.00 e. The molecule has 2 aromatic rings. The first-order chi connectivity index (χ1) is 9.75. The average Bonchev–Trinajstić information content (AvgIpc) is 2.62. The molecule has 0 saturated heterocycles. The van der Waals surface area contributed by atoms with Gasteiger partial charge in [0.15, 0.2) is 0 Å². The Kier molecular flexibility index (Phi) is 5.44. The molecule has 2 heteroatoms. The van der Waals surface area contributed by atoms with Crippen LogP contribution < -0.4 is 17.3 Å². The lowest BCUT2D eigenvalue weighted by Crippen LogP contribution is -3.05. The van der Waals surface area contributed by atoms with Gasteiger partial charge in [0.1, 0.15) is 0 Å². The van der Waals surface area contributed by atoms with E-state index in [0.29, 0.717) is 5.92 Å². The van der Waals surface area contributed by atoms with Gasteiger partial charge < -0.3 is 17.3 Å². The van der Waals surface area contributed by atoms with Crippen LogP contribution in [0.2, 0.25) is 0 Å². The van der Waals surface area contributed by atoms with Crippen molar-refractivity contribution in [2.24, 2.45) is 0 Å². The van der Waals surface area contributed by atoms with Crippen LogP contribution in [0.3, 0.4) is 0 Å². The Morgan fingerprint density at radius 1 is 0.857 bits per heavy atom. The van der Waals surface area contributed by atoms with E-state index in [0.717, 1.165) is 0 Å². The summed E-state index contributed by atoms with van der Waals surface area (Å²) in [6, 6.07) is 18.1. The molecule has 1 aliphatic rings. The van der Waals surface area contributed by atoms with Crippen LogP contribution in [0.1, 0.15) is 34.6 Å². The molecule has 0 aliphatic heterocycles. The summed E-state index contributed by atoms with van der Waals surface area (Å²) < 4.78 is 0. The average molecular weight is 302 g/mol. The van der Waals surface area contributed by atoms with Gasteiger partial charge in [-0.2, -0.15) is 0 Å². The van der Waals surface area contributed by atoms with Crippen LogP contribution in [-0.2, 0) is 12.8 Å². The van der Waals surface area contributed by atoms with Crippen molar-refractivity contribution < 1.29 is 17.3 Å². The summed E-state index contributed by atoms with van der Waals surface area (Å²) in [4.78, 5) is 1.53. The zero-order valence-corrected chi connectivity index (χ0v) is 13.7. The van der Waals surface area contributed by atoms with Crippen molar-refractivity contribution in [1.82, 2.24) is 0 Å². The summed E-state index contributed by atoms with van der Waals surface area (Å²) >= 11 is 0. The molecule has 2 aromatic carbocycles. The predicted molar refractivity (Wildman–Crippen MR) is 84.4 cm³/mol. The van der Waals surface area contributed by atoms with Gasteiger partial charge in [0, 0.05) is 12.3 Å². The Balaban J connectivity index is 0.00000161. The van der Waals surface area contributed by atoms with Gasteiger partial charge >= 0.3 is 0 Å². The predicted octanol–water partition coefficient (Wildman–Crippen LogP) is -0.544. The Morgan fingerprint density at radius 3 is 1.81 bits per heavy atom. The summed E-state index contributed by atoms with van der Waals surface area (Å²) in [5, 5.41) is 0. The number of aryl methyl sites for hydroxylation is 2. The smallest absolute Gasteiger partial charge is 0.0776 e. The SMILES string of the molecule is C[NH+](C)CCC1c2ccccc2CCc2ccccc21.[Cl-]. The molecule has 0 atom stereocenters. The van der Waals surface area contributed by atoms with E-state index in [9.17, 15) is 0 Å². The van der Waals surface area contributed by atoms with Gasteiger partial charge in [-0.15, -0.1) is 0 Å². The van der Waals surface area contributed by atoms with Crippen molar-refractivity contribution in [3.8, 4) is 0 Å². The van der Waals surface area contributed by atoms with Gasteiger partial charge in [-0.1, -0.05) is 48.5 Å². The molecule has 0 radical (unpaired) electrons. The number of fused-ring (bicyclic) bond motifs is 2. The molecule has 0 heterocycles. The van der Waals surface area contributed by atoms with Crippen LogP contribution in [0.25, 0.3) is 0 Å². The lowest BCUT2D eigenvalue weighted by molar-refractivity contribution is -0.858. The van der Waals surface area contributed by atoms with Crippen molar-refractivity contribution in [2.75, 3.05) is 20.6 Å². The maximum atomic E-state index is 2.34. The quantitative estimate of drug-likeness (QED) is 0.776. The van der Waals surface area contributed by atoms with Gasteiger partial charge in [0.05, 0.1) is 20.6 Å². The van der Waals surface area contributed by atoms with Gasteiger partial charge in [-0.3, -0.25) is 0 Å². The lowest BCUT2D eigenvalue weighted by atomic mass is 9.85. The third-order valence-corrected chi connectivity index (χ3v) is 4.46. The number of hydrogen-bond acceptors (Lipinski definition) is 0. The van der Waals surface area contributed by atoms with Gasteiger partial charge in [-0.25, -0.2) is 0 Å². The highest BCUT2D eigenvalue weighted by Gasteiger charge is 2.23. The van der Waals surface area contributed by atoms with Crippen LogP contribution in [0, 0.1) is 0 Å². The first kappa shape index (κ1) is 16.1. The second-order valence-corrected chi connectivity index (χ2v) is 6.20. The van der Waals surface area contributed by atoms with Crippen molar-refractivity contribution in [3.63, 3.8) is 0 Å². The third-order valence-electron chi connectivity index (χ3n) is 4.46. The normalized spacial score (nSPS) is 14.0. The van der Waals surface area contributed by atoms with E-state index >= 15 is 0 Å². The molecule has 0 spiro atoms. The van der Waals surface area contributed by atoms with Crippen LogP contribution in [-0.4, -0.2) is 20.6 Å². The second-order valence-electron chi connectivity index (χ2n) is 6.20. The van der Waals surface area contributed by atoms with E-state index in [1.54, 1.807) is 22.3 Å². The van der Waals surface area contributed by atoms with E-state index < -0.39 is 0 Å². The van der Waals surface area contributed by atoms with Gasteiger partial charge in [-0.05, 0) is 35.1 Å². The molecule has 21 heavy (non-hydrogen) atoms. The maximum Gasteiger partial charge on any atom is 0.0776 e. The Bertz CT molecular complexity index is 544. The van der Waals surface area contributed by atoms with Crippen LogP contribution in [0.5, 0.6) is 0 Å². The molecular weight excluding hydrogens is 278 g/mol. The molecule has 1 N–H and O–H groups in total. The first-order valence-corrected chi connectivity index (χ1v) is 7.70. The molecule has 0 aromatic heterocycles. The molecule has 1 aliphatic carbocycles. The minimum absolute atomic E-state index is 0. The van der Waals surface area contributed by atoms with E-state index in [-0.39, 0.29) is 12.4 Å². The zero-order chi connectivity index (χ0) is 13.9. The van der Waals surface area contributed by atoms with E-state index in [1.165, 1.54) is 30.7 Å². The number of halogens is 1. The van der Waals surface area contributed by atoms with Crippen molar-refractivity contribution in [2.45, 2.75) is 25.2 Å². The molecule has 112 valence electrons. The first-order valence-electron chi connectivity index (χ1n) is 7.70. The fourth-order valence-electron chi connectivity index (χ4n) is 3.38. The van der Waals surface area contributed by atoms with E-state index in [4.69, 9.17) is 0 Å². The Labute approximate surface area is 134 Å².